The predicted molar refractivity (Wildman–Crippen MR) is 120 cm³/mol. The third-order valence-corrected chi connectivity index (χ3v) is 5.33. The lowest BCUT2D eigenvalue weighted by Crippen LogP contribution is -2.43. The second-order valence-corrected chi connectivity index (χ2v) is 7.71. The number of benzene rings is 2. The van der Waals surface area contributed by atoms with E-state index in [9.17, 15) is 4.79 Å². The van der Waals surface area contributed by atoms with Crippen molar-refractivity contribution >= 4 is 45.8 Å². The number of rotatable bonds is 3. The molecule has 0 unspecified atom stereocenters. The molecule has 3 aromatic rings. The molecule has 0 fully saturated rings. The molecule has 0 aliphatic carbocycles. The first-order valence-corrected chi connectivity index (χ1v) is 10.5. The highest BCUT2D eigenvalue weighted by Gasteiger charge is 2.26. The maximum Gasteiger partial charge on any atom is 0.328 e. The molecule has 0 N–H and O–H groups in total. The third kappa shape index (κ3) is 5.40. The first-order chi connectivity index (χ1) is 14.0. The van der Waals surface area contributed by atoms with Gasteiger partial charge >= 0.3 is 5.97 Å². The number of hydrogen-bond acceptors (Lipinski definition) is 4. The summed E-state index contributed by atoms with van der Waals surface area (Å²) in [6.07, 6.45) is 3.83. The van der Waals surface area contributed by atoms with E-state index >= 15 is 0 Å². The highest BCUT2D eigenvalue weighted by molar-refractivity contribution is 6.31. The molecule has 0 saturated carbocycles. The van der Waals surface area contributed by atoms with Crippen molar-refractivity contribution in [3.63, 3.8) is 0 Å². The lowest BCUT2D eigenvalue weighted by molar-refractivity contribution is -0.144. The summed E-state index contributed by atoms with van der Waals surface area (Å²) >= 11 is 11.8. The van der Waals surface area contributed by atoms with Crippen LogP contribution in [0.2, 0.25) is 10.0 Å². The number of aryl methyl sites for hydroxylation is 1. The van der Waals surface area contributed by atoms with E-state index in [2.05, 4.69) is 9.88 Å². The molecule has 4 rings (SSSR count). The zero-order valence-corrected chi connectivity index (χ0v) is 18.1. The van der Waals surface area contributed by atoms with Crippen LogP contribution in [-0.4, -0.2) is 30.1 Å². The van der Waals surface area contributed by atoms with Crippen molar-refractivity contribution in [3.8, 4) is 0 Å². The van der Waals surface area contributed by atoms with Gasteiger partial charge in [-0.15, -0.1) is 0 Å². The van der Waals surface area contributed by atoms with Crippen molar-refractivity contribution < 1.29 is 9.53 Å². The third-order valence-electron chi connectivity index (χ3n) is 4.86. The first-order valence-electron chi connectivity index (χ1n) is 9.71. The maximum atomic E-state index is 11.8. The molecule has 0 radical (unpaired) electrons. The lowest BCUT2D eigenvalue weighted by Gasteiger charge is -2.35. The van der Waals surface area contributed by atoms with Crippen LogP contribution in [0, 0.1) is 0 Å². The van der Waals surface area contributed by atoms with Gasteiger partial charge in [-0.3, -0.25) is 4.98 Å². The van der Waals surface area contributed by atoms with Crippen LogP contribution in [-0.2, 0) is 16.0 Å². The quantitative estimate of drug-likeness (QED) is 0.482. The molecule has 2 heterocycles. The maximum absolute atomic E-state index is 11.8. The number of halogens is 2. The van der Waals surface area contributed by atoms with Gasteiger partial charge in [0.15, 0.2) is 0 Å². The number of fused-ring (bicyclic) bond motifs is 2. The largest absolute Gasteiger partial charge is 0.464 e. The summed E-state index contributed by atoms with van der Waals surface area (Å²) in [5.74, 6) is -0.166. The molecule has 0 bridgehead atoms. The van der Waals surface area contributed by atoms with Gasteiger partial charge in [-0.05, 0) is 74.7 Å². The van der Waals surface area contributed by atoms with Crippen molar-refractivity contribution in [1.29, 1.82) is 0 Å². The van der Waals surface area contributed by atoms with E-state index in [4.69, 9.17) is 27.9 Å². The fraction of sp³-hybridized carbons (Fsp3) is 0.304. The van der Waals surface area contributed by atoms with Gasteiger partial charge in [0, 0.05) is 33.9 Å². The lowest BCUT2D eigenvalue weighted by atomic mass is 10.0. The minimum atomic E-state index is -0.245. The molecule has 1 aliphatic heterocycles. The van der Waals surface area contributed by atoms with Gasteiger partial charge in [0.25, 0.3) is 0 Å². The molecular formula is C23H24Cl2N2O2. The Bertz CT molecular complexity index is 994. The van der Waals surface area contributed by atoms with Crippen molar-refractivity contribution in [2.75, 3.05) is 18.1 Å². The van der Waals surface area contributed by atoms with Gasteiger partial charge in [-0.25, -0.2) is 4.79 Å². The average molecular weight is 431 g/mol. The summed E-state index contributed by atoms with van der Waals surface area (Å²) in [5.41, 5.74) is 3.30. The predicted octanol–water partition coefficient (Wildman–Crippen LogP) is 5.93. The summed E-state index contributed by atoms with van der Waals surface area (Å²) in [6, 6.07) is 15.2. The molecule has 2 aromatic carbocycles. The van der Waals surface area contributed by atoms with Crippen LogP contribution in [0.25, 0.3) is 10.9 Å². The molecule has 0 amide bonds. The van der Waals surface area contributed by atoms with Gasteiger partial charge in [0.05, 0.1) is 12.1 Å². The minimum absolute atomic E-state index is 0.166. The highest BCUT2D eigenvalue weighted by atomic mass is 35.5. The number of carbonyl (C=O) groups excluding carboxylic acids is 1. The van der Waals surface area contributed by atoms with Crippen LogP contribution >= 0.6 is 23.2 Å². The van der Waals surface area contributed by atoms with Crippen molar-refractivity contribution in [2.45, 2.75) is 32.7 Å². The summed E-state index contributed by atoms with van der Waals surface area (Å²) in [4.78, 5) is 18.1. The average Bonchev–Trinajstić information content (AvgIpc) is 2.73. The fourth-order valence-corrected chi connectivity index (χ4v) is 3.81. The Kier molecular flexibility index (Phi) is 7.34. The number of esters is 1. The summed E-state index contributed by atoms with van der Waals surface area (Å²) in [5, 5.41) is 2.59. The molecule has 29 heavy (non-hydrogen) atoms. The summed E-state index contributed by atoms with van der Waals surface area (Å²) in [7, 11) is 0. The standard InChI is InChI=1S/C14H18ClNO2.C9H6ClN/c1-3-18-14(17)10(2)16-8-4-5-11-9-12(15)6-7-13(11)16;10-8-3-4-9-7(6-8)2-1-5-11-9/h6-7,9-10H,3-5,8H2,1-2H3;1-6H/t10-;/m1./s1. The van der Waals surface area contributed by atoms with Gasteiger partial charge in [0.2, 0.25) is 0 Å². The Morgan fingerprint density at radius 2 is 1.93 bits per heavy atom. The second kappa shape index (κ2) is 9.95. The minimum Gasteiger partial charge on any atom is -0.464 e. The van der Waals surface area contributed by atoms with Crippen molar-refractivity contribution in [3.05, 3.63) is 70.3 Å². The number of carbonyl (C=O) groups is 1. The SMILES string of the molecule is CCOC(=O)[C@@H](C)N1CCCc2cc(Cl)ccc21.Clc1ccc2ncccc2c1. The molecule has 1 aliphatic rings. The van der Waals surface area contributed by atoms with Crippen molar-refractivity contribution in [1.82, 2.24) is 4.98 Å². The monoisotopic (exact) mass is 430 g/mol. The van der Waals surface area contributed by atoms with Gasteiger partial charge < -0.3 is 9.64 Å². The van der Waals surface area contributed by atoms with Crippen LogP contribution < -0.4 is 4.90 Å². The number of pyridine rings is 1. The first kappa shape index (κ1) is 21.4. The number of anilines is 1. The van der Waals surface area contributed by atoms with Crippen LogP contribution in [0.15, 0.2) is 54.7 Å². The Labute approximate surface area is 181 Å². The van der Waals surface area contributed by atoms with E-state index < -0.39 is 0 Å². The zero-order valence-electron chi connectivity index (χ0n) is 16.6. The van der Waals surface area contributed by atoms with Gasteiger partial charge in [0.1, 0.15) is 6.04 Å². The van der Waals surface area contributed by atoms with Crippen LogP contribution in [0.4, 0.5) is 5.69 Å². The molecule has 4 nitrogen and oxygen atoms in total. The fourth-order valence-electron chi connectivity index (χ4n) is 3.43. The normalized spacial score (nSPS) is 13.9. The van der Waals surface area contributed by atoms with Crippen LogP contribution in [0.3, 0.4) is 0 Å². The molecule has 1 atom stereocenters. The van der Waals surface area contributed by atoms with Gasteiger partial charge in [-0.2, -0.15) is 0 Å². The Morgan fingerprint density at radius 3 is 2.72 bits per heavy atom. The molecular weight excluding hydrogens is 407 g/mol. The number of ether oxygens (including phenoxy) is 1. The molecule has 0 spiro atoms. The Hall–Kier alpha value is -2.30. The summed E-state index contributed by atoms with van der Waals surface area (Å²) < 4.78 is 5.09. The number of nitrogens with zero attached hydrogens (tertiary/aromatic N) is 2. The van der Waals surface area contributed by atoms with E-state index in [-0.39, 0.29) is 12.0 Å². The van der Waals surface area contributed by atoms with Crippen molar-refractivity contribution in [2.24, 2.45) is 0 Å². The van der Waals surface area contributed by atoms with E-state index in [1.807, 2.05) is 62.4 Å². The van der Waals surface area contributed by atoms with E-state index in [1.54, 1.807) is 6.20 Å². The smallest absolute Gasteiger partial charge is 0.328 e. The van der Waals surface area contributed by atoms with E-state index in [1.165, 1.54) is 5.56 Å². The molecule has 1 aromatic heterocycles. The van der Waals surface area contributed by atoms with E-state index in [0.717, 1.165) is 46.0 Å². The van der Waals surface area contributed by atoms with E-state index in [0.29, 0.717) is 6.61 Å². The molecule has 0 saturated heterocycles. The van der Waals surface area contributed by atoms with Crippen LogP contribution in [0.1, 0.15) is 25.8 Å². The number of aromatic nitrogens is 1. The number of hydrogen-bond donors (Lipinski definition) is 0. The topological polar surface area (TPSA) is 42.4 Å². The van der Waals surface area contributed by atoms with Gasteiger partial charge in [-0.1, -0.05) is 29.3 Å². The van der Waals surface area contributed by atoms with Crippen LogP contribution in [0.5, 0.6) is 0 Å². The Morgan fingerprint density at radius 1 is 1.17 bits per heavy atom. The summed E-state index contributed by atoms with van der Waals surface area (Å²) in [6.45, 7) is 5.02. The molecule has 6 heteroatoms. The Balaban J connectivity index is 0.000000186. The molecule has 152 valence electrons. The zero-order chi connectivity index (χ0) is 20.8. The second-order valence-electron chi connectivity index (χ2n) is 6.84. The highest BCUT2D eigenvalue weighted by Crippen LogP contribution is 2.31.